The fourth-order valence-corrected chi connectivity index (χ4v) is 8.00. The normalized spacial score (nSPS) is 21.7. The number of allylic oxidation sites excluding steroid dienone is 6. The van der Waals surface area contributed by atoms with Gasteiger partial charge in [-0.1, -0.05) is 0 Å². The molecule has 0 N–H and O–H groups in total. The van der Waals surface area contributed by atoms with Gasteiger partial charge in [-0.15, -0.1) is 0 Å². The Balaban J connectivity index is 1.68. The maximum Gasteiger partial charge on any atom is 0.737 e. The van der Waals surface area contributed by atoms with Gasteiger partial charge in [-0.2, -0.15) is 0 Å². The highest BCUT2D eigenvalue weighted by atomic mass is 19.3. The van der Waals surface area contributed by atoms with Gasteiger partial charge in [-0.25, -0.2) is 0 Å². The van der Waals surface area contributed by atoms with Gasteiger partial charge in [0, 0.05) is 47.5 Å². The van der Waals surface area contributed by atoms with Crippen LogP contribution in [0.5, 0.6) is 0 Å². The largest absolute Gasteiger partial charge is 0.737 e. The van der Waals surface area contributed by atoms with Gasteiger partial charge in [0.25, 0.3) is 0 Å². The van der Waals surface area contributed by atoms with E-state index in [0.29, 0.717) is 67.9 Å². The molecule has 0 aromatic carbocycles. The molecule has 0 fully saturated rings. The number of nitrogens with zero attached hydrogens (tertiary/aromatic N) is 4. The van der Waals surface area contributed by atoms with Crippen LogP contribution >= 0.6 is 0 Å². The molecule has 0 saturated heterocycles. The van der Waals surface area contributed by atoms with Crippen molar-refractivity contribution in [1.29, 1.82) is 0 Å². The molecule has 0 saturated carbocycles. The van der Waals surface area contributed by atoms with Crippen molar-refractivity contribution in [2.24, 2.45) is 0 Å². The van der Waals surface area contributed by atoms with Crippen LogP contribution in [0.2, 0.25) is 0 Å². The Hall–Kier alpha value is -3.29. The zero-order chi connectivity index (χ0) is 28.0. The molecule has 4 nitrogen and oxygen atoms in total. The van der Waals surface area contributed by atoms with E-state index < -0.39 is 13.9 Å². The van der Waals surface area contributed by atoms with Gasteiger partial charge in [-0.3, -0.25) is 0 Å². The maximum atomic E-state index is 16.3. The molecule has 0 unspecified atom stereocenters. The fraction of sp³-hybridized carbons (Fsp3) is 0.357. The molecule has 0 aliphatic carbocycles. The molecule has 2 aromatic rings. The quantitative estimate of drug-likeness (QED) is 0.291. The van der Waals surface area contributed by atoms with E-state index in [1.807, 2.05) is 41.5 Å². The smallest absolute Gasteiger partial charge is 0.394 e. The lowest BCUT2D eigenvalue weighted by molar-refractivity contribution is -0.364. The number of aromatic nitrogens is 2. The highest BCUT2D eigenvalue weighted by Crippen LogP contribution is 2.48. The summed E-state index contributed by atoms with van der Waals surface area (Å²) < 4.78 is 69.8. The summed E-state index contributed by atoms with van der Waals surface area (Å²) in [5, 5.41) is 0. The number of hydrogen-bond donors (Lipinski definition) is 0. The van der Waals surface area contributed by atoms with Gasteiger partial charge in [0.05, 0.1) is 11.1 Å². The summed E-state index contributed by atoms with van der Waals surface area (Å²) in [7, 11) is 0. The van der Waals surface area contributed by atoms with Crippen LogP contribution in [0.15, 0.2) is 45.8 Å². The van der Waals surface area contributed by atoms with E-state index in [1.165, 1.54) is 0 Å². The first-order valence-corrected chi connectivity index (χ1v) is 13.1. The predicted molar refractivity (Wildman–Crippen MR) is 147 cm³/mol. The van der Waals surface area contributed by atoms with Gasteiger partial charge in [0.1, 0.15) is 11.4 Å². The van der Waals surface area contributed by atoms with Gasteiger partial charge in [0.2, 0.25) is 0 Å². The van der Waals surface area contributed by atoms with Crippen LogP contribution in [0.3, 0.4) is 0 Å². The van der Waals surface area contributed by atoms with Crippen molar-refractivity contribution in [3.63, 3.8) is 0 Å². The molecule has 0 spiro atoms. The number of hydrogen-bond acceptors (Lipinski definition) is 0. The van der Waals surface area contributed by atoms with Crippen LogP contribution in [0, 0.1) is 27.7 Å². The molecule has 4 aliphatic heterocycles. The van der Waals surface area contributed by atoms with Crippen molar-refractivity contribution >= 4 is 36.5 Å². The second-order valence-electron chi connectivity index (χ2n) is 11.4. The molecule has 2 aromatic heterocycles. The SMILES string of the molecule is CC1=C(C2=C(C)C3=C(C)c4c(C)cc(C)n4[B-](F)(F)[N+]3=C2C)C(C)=[N+]2C1=C(C)c1c(C)cc(C)n1[B-]2(F)F. The lowest BCUT2D eigenvalue weighted by Crippen LogP contribution is -2.51. The Bertz CT molecular complexity index is 1620. The number of rotatable bonds is 1. The topological polar surface area (TPSA) is 15.9 Å². The van der Waals surface area contributed by atoms with Crippen molar-refractivity contribution in [3.8, 4) is 0 Å². The minimum atomic E-state index is -4.16. The molecule has 0 bridgehead atoms. The minimum absolute atomic E-state index is 0.396. The predicted octanol–water partition coefficient (Wildman–Crippen LogP) is 6.77. The summed E-state index contributed by atoms with van der Waals surface area (Å²) in [6, 6.07) is 3.59. The van der Waals surface area contributed by atoms with Crippen molar-refractivity contribution < 1.29 is 26.2 Å². The van der Waals surface area contributed by atoms with Gasteiger partial charge >= 0.3 is 13.9 Å². The first-order valence-electron chi connectivity index (χ1n) is 13.1. The van der Waals surface area contributed by atoms with Crippen molar-refractivity contribution in [3.05, 3.63) is 79.7 Å². The Morgan fingerprint density at radius 1 is 0.526 bits per heavy atom. The summed E-state index contributed by atoms with van der Waals surface area (Å²) in [5.41, 5.74) is 9.64. The standard InChI is InChI=1S/C28H32B2F4N4/c1-13-11-15(3)35-25(13)19(7)27-17(5)23(21(9)37(27)29(35,31)32)24-18(6)28-20(8)26-14(2)12-16(4)36(26)30(33,34)38(28)22(24)10/h11-12H,1-10H3. The minimum Gasteiger partial charge on any atom is -0.394 e. The van der Waals surface area contributed by atoms with Crippen LogP contribution in [0.25, 0.3) is 11.1 Å². The number of halogens is 4. The summed E-state index contributed by atoms with van der Waals surface area (Å²) in [5.74, 6) is 0. The molecule has 0 amide bonds. The zero-order valence-corrected chi connectivity index (χ0v) is 23.6. The second kappa shape index (κ2) is 7.21. The van der Waals surface area contributed by atoms with E-state index in [1.54, 1.807) is 39.8 Å². The Kier molecular flexibility index (Phi) is 4.75. The third-order valence-corrected chi connectivity index (χ3v) is 9.14. The fourth-order valence-electron chi connectivity index (χ4n) is 8.00. The van der Waals surface area contributed by atoms with E-state index in [-0.39, 0.29) is 0 Å². The molecule has 198 valence electrons. The molecule has 0 radical (unpaired) electrons. The van der Waals surface area contributed by atoms with E-state index in [0.717, 1.165) is 40.2 Å². The number of aryl methyl sites for hydroxylation is 4. The van der Waals surface area contributed by atoms with Gasteiger partial charge in [0.15, 0.2) is 11.4 Å². The van der Waals surface area contributed by atoms with Crippen LogP contribution in [-0.4, -0.2) is 43.3 Å². The monoisotopic (exact) mass is 522 g/mol. The third kappa shape index (κ3) is 2.59. The van der Waals surface area contributed by atoms with E-state index in [4.69, 9.17) is 0 Å². The van der Waals surface area contributed by atoms with Crippen LogP contribution in [-0.2, 0) is 0 Å². The summed E-state index contributed by atoms with van der Waals surface area (Å²) >= 11 is 0. The molecule has 4 aliphatic rings. The maximum absolute atomic E-state index is 16.3. The average Bonchev–Trinajstić information content (AvgIpc) is 3.45. The van der Waals surface area contributed by atoms with E-state index in [2.05, 4.69) is 0 Å². The molecular formula is C28H32B2F4N4. The van der Waals surface area contributed by atoms with Crippen LogP contribution in [0.4, 0.5) is 17.3 Å². The Labute approximate surface area is 220 Å². The second-order valence-corrected chi connectivity index (χ2v) is 11.4. The Morgan fingerprint density at radius 3 is 1.16 bits per heavy atom. The highest BCUT2D eigenvalue weighted by Gasteiger charge is 2.59. The van der Waals surface area contributed by atoms with Crippen molar-refractivity contribution in [2.75, 3.05) is 0 Å². The van der Waals surface area contributed by atoms with E-state index in [9.17, 15) is 0 Å². The summed E-state index contributed by atoms with van der Waals surface area (Å²) in [6.45, 7) is 9.63. The van der Waals surface area contributed by atoms with Crippen LogP contribution in [0.1, 0.15) is 75.4 Å². The first-order chi connectivity index (χ1) is 17.6. The lowest BCUT2D eigenvalue weighted by Gasteiger charge is -2.33. The first kappa shape index (κ1) is 25.0. The molecule has 10 heteroatoms. The molecule has 6 heterocycles. The summed E-state index contributed by atoms with van der Waals surface area (Å²) in [4.78, 5) is 0. The molecular weight excluding hydrogens is 490 g/mol. The van der Waals surface area contributed by atoms with Gasteiger partial charge < -0.3 is 35.2 Å². The average molecular weight is 522 g/mol. The van der Waals surface area contributed by atoms with Crippen LogP contribution < -0.4 is 0 Å². The van der Waals surface area contributed by atoms with Crippen molar-refractivity contribution in [2.45, 2.75) is 69.2 Å². The summed E-state index contributed by atoms with van der Waals surface area (Å²) in [6.07, 6.45) is 0. The zero-order valence-electron chi connectivity index (χ0n) is 23.6. The molecule has 6 rings (SSSR count). The highest BCUT2D eigenvalue weighted by molar-refractivity contribution is 6.59. The molecule has 38 heavy (non-hydrogen) atoms. The molecule has 0 atom stereocenters. The lowest BCUT2D eigenvalue weighted by atomic mass is 9.86. The van der Waals surface area contributed by atoms with Gasteiger partial charge in [-0.05, 0) is 90.0 Å². The Morgan fingerprint density at radius 2 is 0.842 bits per heavy atom. The van der Waals surface area contributed by atoms with E-state index >= 15 is 17.3 Å². The van der Waals surface area contributed by atoms with Crippen molar-refractivity contribution in [1.82, 2.24) is 8.96 Å². The third-order valence-electron chi connectivity index (χ3n) is 9.14. The number of fused-ring (bicyclic) bond motifs is 4.